The second kappa shape index (κ2) is 5.69. The molecule has 0 aromatic heterocycles. The summed E-state index contributed by atoms with van der Waals surface area (Å²) in [5.74, 6) is 0. The third kappa shape index (κ3) is 3.95. The molecule has 84 valence electrons. The molecule has 0 atom stereocenters. The molecule has 0 aromatic rings. The fraction of sp³-hybridized carbons (Fsp3) is 1.00. The standard InChI is InChI=1S/C11H25N3/c1-12(2)9-10-14(4)11-5-7-13(3)8-6-11/h11H,5-10H2,1-4H3. The Kier molecular flexibility index (Phi) is 4.85. The second-order valence-electron chi connectivity index (χ2n) is 4.82. The van der Waals surface area contributed by atoms with Gasteiger partial charge in [0.05, 0.1) is 0 Å². The van der Waals surface area contributed by atoms with Gasteiger partial charge < -0.3 is 14.7 Å². The van der Waals surface area contributed by atoms with Gasteiger partial charge in [-0.05, 0) is 54.1 Å². The number of nitrogens with zero attached hydrogens (tertiary/aromatic N) is 3. The number of rotatable bonds is 4. The average Bonchev–Trinajstić information content (AvgIpc) is 2.15. The Morgan fingerprint density at radius 3 is 2.14 bits per heavy atom. The Morgan fingerprint density at radius 2 is 1.64 bits per heavy atom. The molecule has 0 spiro atoms. The van der Waals surface area contributed by atoms with E-state index in [-0.39, 0.29) is 0 Å². The van der Waals surface area contributed by atoms with Crippen LogP contribution in [0.2, 0.25) is 0 Å². The lowest BCUT2D eigenvalue weighted by atomic mass is 10.0. The summed E-state index contributed by atoms with van der Waals surface area (Å²) < 4.78 is 0. The van der Waals surface area contributed by atoms with Crippen molar-refractivity contribution in [1.82, 2.24) is 14.7 Å². The van der Waals surface area contributed by atoms with Gasteiger partial charge in [-0.2, -0.15) is 0 Å². The predicted molar refractivity (Wildman–Crippen MR) is 61.7 cm³/mol. The van der Waals surface area contributed by atoms with Crippen LogP contribution in [0.4, 0.5) is 0 Å². The molecule has 1 saturated heterocycles. The topological polar surface area (TPSA) is 9.72 Å². The Bertz CT molecular complexity index is 151. The molecule has 1 fully saturated rings. The summed E-state index contributed by atoms with van der Waals surface area (Å²) in [4.78, 5) is 7.20. The SMILES string of the molecule is CN(C)CCN(C)C1CCN(C)CC1. The van der Waals surface area contributed by atoms with Crippen LogP contribution < -0.4 is 0 Å². The van der Waals surface area contributed by atoms with Gasteiger partial charge in [0.25, 0.3) is 0 Å². The molecule has 0 bridgehead atoms. The average molecular weight is 199 g/mol. The number of hydrogen-bond donors (Lipinski definition) is 0. The van der Waals surface area contributed by atoms with Crippen molar-refractivity contribution in [3.8, 4) is 0 Å². The van der Waals surface area contributed by atoms with E-state index in [1.807, 2.05) is 0 Å². The highest BCUT2D eigenvalue weighted by Gasteiger charge is 2.19. The fourth-order valence-electron chi connectivity index (χ4n) is 1.98. The lowest BCUT2D eigenvalue weighted by Crippen LogP contribution is -2.43. The smallest absolute Gasteiger partial charge is 0.0117 e. The predicted octanol–water partition coefficient (Wildman–Crippen LogP) is 0.574. The van der Waals surface area contributed by atoms with E-state index < -0.39 is 0 Å². The first-order chi connectivity index (χ1) is 6.59. The number of likely N-dealkylation sites (tertiary alicyclic amines) is 1. The van der Waals surface area contributed by atoms with Crippen molar-refractivity contribution in [1.29, 1.82) is 0 Å². The summed E-state index contributed by atoms with van der Waals surface area (Å²) in [6.45, 7) is 4.89. The zero-order valence-corrected chi connectivity index (χ0v) is 10.2. The van der Waals surface area contributed by atoms with Gasteiger partial charge in [0.1, 0.15) is 0 Å². The van der Waals surface area contributed by atoms with Crippen LogP contribution in [-0.4, -0.2) is 75.1 Å². The maximum Gasteiger partial charge on any atom is 0.0117 e. The van der Waals surface area contributed by atoms with Gasteiger partial charge in [-0.3, -0.25) is 0 Å². The van der Waals surface area contributed by atoms with Crippen LogP contribution in [0.15, 0.2) is 0 Å². The maximum absolute atomic E-state index is 2.52. The van der Waals surface area contributed by atoms with E-state index in [2.05, 4.69) is 42.9 Å². The van der Waals surface area contributed by atoms with Crippen LogP contribution in [0.25, 0.3) is 0 Å². The molecule has 0 N–H and O–H groups in total. The molecule has 3 nitrogen and oxygen atoms in total. The zero-order valence-electron chi connectivity index (χ0n) is 10.2. The van der Waals surface area contributed by atoms with Crippen molar-refractivity contribution < 1.29 is 0 Å². The van der Waals surface area contributed by atoms with Gasteiger partial charge in [0.15, 0.2) is 0 Å². The minimum absolute atomic E-state index is 0.811. The summed E-state index contributed by atoms with van der Waals surface area (Å²) in [6.07, 6.45) is 2.67. The third-order valence-corrected chi connectivity index (χ3v) is 3.21. The van der Waals surface area contributed by atoms with Crippen LogP contribution in [0.3, 0.4) is 0 Å². The monoisotopic (exact) mass is 199 g/mol. The molecule has 0 aromatic carbocycles. The van der Waals surface area contributed by atoms with E-state index in [0.29, 0.717) is 0 Å². The number of piperidine rings is 1. The molecule has 0 amide bonds. The Morgan fingerprint density at radius 1 is 1.07 bits per heavy atom. The van der Waals surface area contributed by atoms with Crippen LogP contribution in [0.5, 0.6) is 0 Å². The van der Waals surface area contributed by atoms with E-state index in [1.54, 1.807) is 0 Å². The van der Waals surface area contributed by atoms with E-state index in [9.17, 15) is 0 Å². The molecule has 0 unspecified atom stereocenters. The molecule has 1 aliphatic heterocycles. The van der Waals surface area contributed by atoms with Gasteiger partial charge in [-0.25, -0.2) is 0 Å². The van der Waals surface area contributed by atoms with Gasteiger partial charge in [0, 0.05) is 19.1 Å². The highest BCUT2D eigenvalue weighted by molar-refractivity contribution is 4.76. The second-order valence-corrected chi connectivity index (χ2v) is 4.82. The van der Waals surface area contributed by atoms with Gasteiger partial charge >= 0.3 is 0 Å². The lowest BCUT2D eigenvalue weighted by Gasteiger charge is -2.35. The zero-order chi connectivity index (χ0) is 10.6. The van der Waals surface area contributed by atoms with E-state index >= 15 is 0 Å². The van der Waals surface area contributed by atoms with Gasteiger partial charge in [0.2, 0.25) is 0 Å². The van der Waals surface area contributed by atoms with E-state index in [1.165, 1.54) is 39.0 Å². The summed E-state index contributed by atoms with van der Waals surface area (Å²) in [5.41, 5.74) is 0. The first kappa shape index (κ1) is 12.0. The molecule has 0 aliphatic carbocycles. The van der Waals surface area contributed by atoms with Crippen molar-refractivity contribution >= 4 is 0 Å². The molecular weight excluding hydrogens is 174 g/mol. The lowest BCUT2D eigenvalue weighted by molar-refractivity contribution is 0.137. The van der Waals surface area contributed by atoms with E-state index in [0.717, 1.165) is 6.04 Å². The fourth-order valence-corrected chi connectivity index (χ4v) is 1.98. The summed E-state index contributed by atoms with van der Waals surface area (Å²) >= 11 is 0. The molecule has 0 radical (unpaired) electrons. The first-order valence-electron chi connectivity index (χ1n) is 5.63. The van der Waals surface area contributed by atoms with Gasteiger partial charge in [-0.1, -0.05) is 0 Å². The molecule has 1 heterocycles. The third-order valence-electron chi connectivity index (χ3n) is 3.21. The van der Waals surface area contributed by atoms with Crippen LogP contribution in [0, 0.1) is 0 Å². The molecule has 0 saturated carbocycles. The summed E-state index contributed by atoms with van der Waals surface area (Å²) in [5, 5.41) is 0. The minimum atomic E-state index is 0.811. The minimum Gasteiger partial charge on any atom is -0.308 e. The molecule has 3 heteroatoms. The first-order valence-corrected chi connectivity index (χ1v) is 5.63. The largest absolute Gasteiger partial charge is 0.308 e. The van der Waals surface area contributed by atoms with Crippen LogP contribution >= 0.6 is 0 Å². The molecule has 1 rings (SSSR count). The Labute approximate surface area is 88.7 Å². The molecule has 14 heavy (non-hydrogen) atoms. The summed E-state index contributed by atoms with van der Waals surface area (Å²) in [6, 6.07) is 0.811. The number of hydrogen-bond acceptors (Lipinski definition) is 3. The molecule has 1 aliphatic rings. The quantitative estimate of drug-likeness (QED) is 0.655. The maximum atomic E-state index is 2.52. The van der Waals surface area contributed by atoms with Crippen molar-refractivity contribution in [2.45, 2.75) is 18.9 Å². The van der Waals surface area contributed by atoms with Crippen molar-refractivity contribution in [2.24, 2.45) is 0 Å². The summed E-state index contributed by atoms with van der Waals surface area (Å²) in [7, 11) is 8.76. The van der Waals surface area contributed by atoms with Crippen molar-refractivity contribution in [3.05, 3.63) is 0 Å². The molecular formula is C11H25N3. The van der Waals surface area contributed by atoms with Crippen LogP contribution in [0.1, 0.15) is 12.8 Å². The Balaban J connectivity index is 2.20. The highest BCUT2D eigenvalue weighted by atomic mass is 15.2. The Hall–Kier alpha value is -0.120. The van der Waals surface area contributed by atoms with E-state index in [4.69, 9.17) is 0 Å². The normalized spacial score (nSPS) is 21.0. The van der Waals surface area contributed by atoms with Gasteiger partial charge in [-0.15, -0.1) is 0 Å². The highest BCUT2D eigenvalue weighted by Crippen LogP contribution is 2.13. The number of likely N-dealkylation sites (N-methyl/N-ethyl adjacent to an activating group) is 2. The van der Waals surface area contributed by atoms with Crippen molar-refractivity contribution in [2.75, 3.05) is 54.4 Å². The van der Waals surface area contributed by atoms with Crippen molar-refractivity contribution in [3.63, 3.8) is 0 Å². The van der Waals surface area contributed by atoms with Crippen LogP contribution in [-0.2, 0) is 0 Å².